The molecule has 19 heavy (non-hydrogen) atoms. The van der Waals surface area contributed by atoms with Crippen molar-refractivity contribution in [1.29, 1.82) is 0 Å². The molecular formula is C14H23F3O2. The van der Waals surface area contributed by atoms with Crippen molar-refractivity contribution in [2.75, 3.05) is 0 Å². The minimum Gasteiger partial charge on any atom is -0.459 e. The predicted octanol–water partition coefficient (Wildman–Crippen LogP) is 4.62. The lowest BCUT2D eigenvalue weighted by atomic mass is 9.89. The van der Waals surface area contributed by atoms with Crippen molar-refractivity contribution in [1.82, 2.24) is 0 Å². The lowest BCUT2D eigenvalue weighted by Gasteiger charge is -2.33. The summed E-state index contributed by atoms with van der Waals surface area (Å²) in [7, 11) is 0. The SMILES string of the molecule is CCC(C)(C)C(=O)OC1(CCC(F)(F)F)CCCC1. The molecule has 0 aromatic heterocycles. The Balaban J connectivity index is 2.70. The summed E-state index contributed by atoms with van der Waals surface area (Å²) in [5, 5.41) is 0. The third-order valence-electron chi connectivity index (χ3n) is 4.12. The van der Waals surface area contributed by atoms with E-state index < -0.39 is 23.6 Å². The van der Waals surface area contributed by atoms with Crippen LogP contribution in [0.1, 0.15) is 65.7 Å². The van der Waals surface area contributed by atoms with Gasteiger partial charge >= 0.3 is 12.1 Å². The van der Waals surface area contributed by atoms with Crippen molar-refractivity contribution in [2.45, 2.75) is 77.5 Å². The van der Waals surface area contributed by atoms with Crippen LogP contribution in [0.3, 0.4) is 0 Å². The van der Waals surface area contributed by atoms with Crippen LogP contribution in [0, 0.1) is 5.41 Å². The first-order valence-electron chi connectivity index (χ1n) is 6.90. The fraction of sp³-hybridized carbons (Fsp3) is 0.929. The number of halogens is 3. The molecule has 0 atom stereocenters. The van der Waals surface area contributed by atoms with Crippen LogP contribution in [0.2, 0.25) is 0 Å². The van der Waals surface area contributed by atoms with E-state index in [1.807, 2.05) is 6.92 Å². The molecule has 2 nitrogen and oxygen atoms in total. The van der Waals surface area contributed by atoms with Crippen molar-refractivity contribution in [3.05, 3.63) is 0 Å². The second-order valence-electron chi connectivity index (χ2n) is 6.13. The van der Waals surface area contributed by atoms with E-state index in [9.17, 15) is 18.0 Å². The highest BCUT2D eigenvalue weighted by Crippen LogP contribution is 2.41. The van der Waals surface area contributed by atoms with E-state index in [4.69, 9.17) is 4.74 Å². The molecule has 0 radical (unpaired) electrons. The van der Waals surface area contributed by atoms with Crippen molar-refractivity contribution in [2.24, 2.45) is 5.41 Å². The molecule has 0 spiro atoms. The number of rotatable bonds is 5. The minimum atomic E-state index is -4.19. The Morgan fingerprint density at radius 3 is 2.16 bits per heavy atom. The standard InChI is InChI=1S/C14H23F3O2/c1-4-12(2,3)11(18)19-13(7-5-6-8-13)9-10-14(15,16)17/h4-10H2,1-3H3. The van der Waals surface area contributed by atoms with Crippen LogP contribution in [-0.4, -0.2) is 17.7 Å². The second kappa shape index (κ2) is 5.71. The minimum absolute atomic E-state index is 0.109. The van der Waals surface area contributed by atoms with Crippen molar-refractivity contribution in [3.8, 4) is 0 Å². The predicted molar refractivity (Wildman–Crippen MR) is 66.7 cm³/mol. The van der Waals surface area contributed by atoms with Gasteiger partial charge in [0.15, 0.2) is 0 Å². The summed E-state index contributed by atoms with van der Waals surface area (Å²) < 4.78 is 42.6. The molecule has 1 aliphatic carbocycles. The number of hydrogen-bond donors (Lipinski definition) is 0. The molecule has 0 bridgehead atoms. The Labute approximate surface area is 112 Å². The highest BCUT2D eigenvalue weighted by Gasteiger charge is 2.43. The molecule has 0 heterocycles. The molecule has 1 aliphatic rings. The quantitative estimate of drug-likeness (QED) is 0.687. The number of carbonyl (C=O) groups is 1. The van der Waals surface area contributed by atoms with Crippen molar-refractivity contribution >= 4 is 5.97 Å². The summed E-state index contributed by atoms with van der Waals surface area (Å²) in [6.07, 6.45) is -1.81. The lowest BCUT2D eigenvalue weighted by molar-refractivity contribution is -0.179. The van der Waals surface area contributed by atoms with Gasteiger partial charge in [-0.3, -0.25) is 4.79 Å². The van der Waals surface area contributed by atoms with E-state index in [1.165, 1.54) is 0 Å². The van der Waals surface area contributed by atoms with E-state index in [1.54, 1.807) is 13.8 Å². The smallest absolute Gasteiger partial charge is 0.389 e. The topological polar surface area (TPSA) is 26.3 Å². The molecule has 0 aromatic carbocycles. The normalized spacial score (nSPS) is 19.5. The molecule has 0 amide bonds. The van der Waals surface area contributed by atoms with E-state index >= 15 is 0 Å². The van der Waals surface area contributed by atoms with Gasteiger partial charge in [0.25, 0.3) is 0 Å². The summed E-state index contributed by atoms with van der Waals surface area (Å²) in [5.41, 5.74) is -1.52. The Bertz CT molecular complexity index is 315. The largest absolute Gasteiger partial charge is 0.459 e. The van der Waals surface area contributed by atoms with Gasteiger partial charge in [0.2, 0.25) is 0 Å². The van der Waals surface area contributed by atoms with E-state index in [0.29, 0.717) is 19.3 Å². The van der Waals surface area contributed by atoms with Crippen molar-refractivity contribution in [3.63, 3.8) is 0 Å². The van der Waals surface area contributed by atoms with Gasteiger partial charge in [-0.2, -0.15) is 13.2 Å². The van der Waals surface area contributed by atoms with Gasteiger partial charge in [0.05, 0.1) is 5.41 Å². The monoisotopic (exact) mass is 280 g/mol. The zero-order valence-corrected chi connectivity index (χ0v) is 11.9. The number of alkyl halides is 3. The highest BCUT2D eigenvalue weighted by atomic mass is 19.4. The van der Waals surface area contributed by atoms with Crippen LogP contribution in [0.4, 0.5) is 13.2 Å². The second-order valence-corrected chi connectivity index (χ2v) is 6.13. The summed E-state index contributed by atoms with van der Waals surface area (Å²) in [5.74, 6) is -0.376. The molecule has 0 saturated heterocycles. The van der Waals surface area contributed by atoms with E-state index in [0.717, 1.165) is 12.8 Å². The van der Waals surface area contributed by atoms with Gasteiger partial charge in [-0.15, -0.1) is 0 Å². The maximum absolute atomic E-state index is 12.4. The molecule has 0 aromatic rings. The third-order valence-corrected chi connectivity index (χ3v) is 4.12. The molecule has 1 saturated carbocycles. The summed E-state index contributed by atoms with van der Waals surface area (Å²) in [6.45, 7) is 5.40. The highest BCUT2D eigenvalue weighted by molar-refractivity contribution is 5.76. The number of hydrogen-bond acceptors (Lipinski definition) is 2. The first kappa shape index (κ1) is 16.3. The molecule has 0 unspecified atom stereocenters. The van der Waals surface area contributed by atoms with E-state index in [2.05, 4.69) is 0 Å². The Hall–Kier alpha value is -0.740. The molecular weight excluding hydrogens is 257 g/mol. The van der Waals surface area contributed by atoms with Gasteiger partial charge in [0.1, 0.15) is 5.60 Å². The molecule has 0 N–H and O–H groups in total. The van der Waals surface area contributed by atoms with Gasteiger partial charge in [-0.1, -0.05) is 6.92 Å². The third kappa shape index (κ3) is 4.69. The zero-order valence-electron chi connectivity index (χ0n) is 11.9. The van der Waals surface area contributed by atoms with Gasteiger partial charge in [0, 0.05) is 6.42 Å². The van der Waals surface area contributed by atoms with Crippen molar-refractivity contribution < 1.29 is 22.7 Å². The van der Waals surface area contributed by atoms with Gasteiger partial charge in [-0.25, -0.2) is 0 Å². The van der Waals surface area contributed by atoms with E-state index in [-0.39, 0.29) is 12.4 Å². The average molecular weight is 280 g/mol. The van der Waals surface area contributed by atoms with Gasteiger partial charge in [-0.05, 0) is 52.4 Å². The van der Waals surface area contributed by atoms with Crippen LogP contribution in [-0.2, 0) is 9.53 Å². The summed E-state index contributed by atoms with van der Waals surface area (Å²) in [4.78, 5) is 12.1. The van der Waals surface area contributed by atoms with Crippen LogP contribution < -0.4 is 0 Å². The Morgan fingerprint density at radius 2 is 1.74 bits per heavy atom. The average Bonchev–Trinajstić information content (AvgIpc) is 2.75. The Kier molecular flexibility index (Phi) is 4.91. The zero-order chi connectivity index (χ0) is 14.7. The van der Waals surface area contributed by atoms with Crippen LogP contribution in [0.5, 0.6) is 0 Å². The van der Waals surface area contributed by atoms with Crippen LogP contribution in [0.15, 0.2) is 0 Å². The Morgan fingerprint density at radius 1 is 1.21 bits per heavy atom. The fourth-order valence-electron chi connectivity index (χ4n) is 2.27. The molecule has 1 fully saturated rings. The first-order chi connectivity index (χ1) is 8.60. The molecule has 1 rings (SSSR count). The number of carbonyl (C=O) groups excluding carboxylic acids is 1. The lowest BCUT2D eigenvalue weighted by Crippen LogP contribution is -2.38. The molecule has 112 valence electrons. The number of esters is 1. The number of ether oxygens (including phenoxy) is 1. The summed E-state index contributed by atoms with van der Waals surface area (Å²) >= 11 is 0. The van der Waals surface area contributed by atoms with Crippen LogP contribution in [0.25, 0.3) is 0 Å². The first-order valence-corrected chi connectivity index (χ1v) is 6.90. The maximum atomic E-state index is 12.4. The molecule has 0 aliphatic heterocycles. The summed E-state index contributed by atoms with van der Waals surface area (Å²) in [6, 6.07) is 0. The molecule has 5 heteroatoms. The van der Waals surface area contributed by atoms with Gasteiger partial charge < -0.3 is 4.74 Å². The maximum Gasteiger partial charge on any atom is 0.389 e. The fourth-order valence-corrected chi connectivity index (χ4v) is 2.27. The van der Waals surface area contributed by atoms with Crippen LogP contribution >= 0.6 is 0 Å².